The van der Waals surface area contributed by atoms with Gasteiger partial charge in [0, 0.05) is 32.1 Å². The van der Waals surface area contributed by atoms with Gasteiger partial charge in [0.2, 0.25) is 0 Å². The highest BCUT2D eigenvalue weighted by Crippen LogP contribution is 2.14. The second-order valence-electron chi connectivity index (χ2n) is 3.19. The SMILES string of the molecule is COCCOCCCOC(CCl)C(I)CCl. The molecule has 0 aliphatic carbocycles. The minimum atomic E-state index is 0.0266. The van der Waals surface area contributed by atoms with Gasteiger partial charge in [-0.3, -0.25) is 0 Å². The average Bonchev–Trinajstić information content (AvgIpc) is 2.32. The maximum atomic E-state index is 5.79. The summed E-state index contributed by atoms with van der Waals surface area (Å²) < 4.78 is 16.0. The van der Waals surface area contributed by atoms with Crippen molar-refractivity contribution in [2.45, 2.75) is 16.4 Å². The summed E-state index contributed by atoms with van der Waals surface area (Å²) in [5, 5.41) is 0. The lowest BCUT2D eigenvalue weighted by Crippen LogP contribution is -2.28. The van der Waals surface area contributed by atoms with Gasteiger partial charge in [-0.15, -0.1) is 23.2 Å². The Balaban J connectivity index is 3.34. The first-order valence-electron chi connectivity index (χ1n) is 5.20. The smallest absolute Gasteiger partial charge is 0.0839 e. The van der Waals surface area contributed by atoms with E-state index < -0.39 is 0 Å². The van der Waals surface area contributed by atoms with Gasteiger partial charge in [0.1, 0.15) is 0 Å². The van der Waals surface area contributed by atoms with Crippen molar-refractivity contribution >= 4 is 45.8 Å². The molecular weight excluding hydrogens is 366 g/mol. The van der Waals surface area contributed by atoms with Crippen molar-refractivity contribution in [2.75, 3.05) is 45.3 Å². The van der Waals surface area contributed by atoms with Gasteiger partial charge in [-0.2, -0.15) is 0 Å². The van der Waals surface area contributed by atoms with Crippen molar-refractivity contribution in [1.82, 2.24) is 0 Å². The Labute approximate surface area is 121 Å². The topological polar surface area (TPSA) is 27.7 Å². The van der Waals surface area contributed by atoms with Gasteiger partial charge in [-0.25, -0.2) is 0 Å². The third-order valence-corrected chi connectivity index (χ3v) is 4.30. The number of hydrogen-bond donors (Lipinski definition) is 0. The molecule has 0 N–H and O–H groups in total. The molecule has 0 aliphatic rings. The monoisotopic (exact) mass is 384 g/mol. The van der Waals surface area contributed by atoms with Crippen LogP contribution in [0.4, 0.5) is 0 Å². The zero-order valence-electron chi connectivity index (χ0n) is 9.46. The Morgan fingerprint density at radius 3 is 2.38 bits per heavy atom. The van der Waals surface area contributed by atoms with Gasteiger partial charge in [0.15, 0.2) is 0 Å². The highest BCUT2D eigenvalue weighted by molar-refractivity contribution is 14.1. The Bertz CT molecular complexity index is 152. The summed E-state index contributed by atoms with van der Waals surface area (Å²) in [6.07, 6.45) is 0.890. The van der Waals surface area contributed by atoms with E-state index in [9.17, 15) is 0 Å². The molecule has 0 rings (SSSR count). The van der Waals surface area contributed by atoms with Crippen molar-refractivity contribution in [2.24, 2.45) is 0 Å². The lowest BCUT2D eigenvalue weighted by Gasteiger charge is -2.19. The predicted octanol–water partition coefficient (Wildman–Crippen LogP) is 2.71. The lowest BCUT2D eigenvalue weighted by atomic mass is 10.3. The number of methoxy groups -OCH3 is 1. The fourth-order valence-corrected chi connectivity index (χ4v) is 2.25. The van der Waals surface area contributed by atoms with Gasteiger partial charge in [0.25, 0.3) is 0 Å². The van der Waals surface area contributed by atoms with Crippen molar-refractivity contribution < 1.29 is 14.2 Å². The molecule has 16 heavy (non-hydrogen) atoms. The van der Waals surface area contributed by atoms with Crippen LogP contribution in [0.2, 0.25) is 0 Å². The number of hydrogen-bond acceptors (Lipinski definition) is 3. The van der Waals surface area contributed by atoms with Gasteiger partial charge >= 0.3 is 0 Å². The summed E-state index contributed by atoms with van der Waals surface area (Å²) >= 11 is 13.8. The van der Waals surface area contributed by atoms with Crippen LogP contribution in [0.5, 0.6) is 0 Å². The third kappa shape index (κ3) is 9.24. The van der Waals surface area contributed by atoms with Crippen LogP contribution >= 0.6 is 45.8 Å². The van der Waals surface area contributed by atoms with E-state index in [0.717, 1.165) is 6.42 Å². The van der Waals surface area contributed by atoms with Crippen LogP contribution in [0.1, 0.15) is 6.42 Å². The third-order valence-electron chi connectivity index (χ3n) is 1.90. The maximum absolute atomic E-state index is 5.79. The fraction of sp³-hybridized carbons (Fsp3) is 1.00. The van der Waals surface area contributed by atoms with Crippen LogP contribution in [0.15, 0.2) is 0 Å². The molecule has 0 saturated heterocycles. The van der Waals surface area contributed by atoms with Crippen LogP contribution < -0.4 is 0 Å². The quantitative estimate of drug-likeness (QED) is 0.311. The van der Waals surface area contributed by atoms with Crippen molar-refractivity contribution in [3.05, 3.63) is 0 Å². The summed E-state index contributed by atoms with van der Waals surface area (Å²) in [5.41, 5.74) is 0. The number of rotatable bonds is 11. The van der Waals surface area contributed by atoms with Gasteiger partial charge in [-0.1, -0.05) is 22.6 Å². The molecule has 0 radical (unpaired) electrons. The molecule has 6 heteroatoms. The van der Waals surface area contributed by atoms with Crippen molar-refractivity contribution in [3.8, 4) is 0 Å². The molecule has 3 nitrogen and oxygen atoms in total. The number of ether oxygens (including phenoxy) is 3. The van der Waals surface area contributed by atoms with E-state index >= 15 is 0 Å². The fourth-order valence-electron chi connectivity index (χ4n) is 0.985. The van der Waals surface area contributed by atoms with E-state index in [-0.39, 0.29) is 10.0 Å². The summed E-state index contributed by atoms with van der Waals surface area (Å²) in [6.45, 7) is 2.60. The van der Waals surface area contributed by atoms with Crippen LogP contribution in [0.25, 0.3) is 0 Å². The van der Waals surface area contributed by atoms with E-state index in [4.69, 9.17) is 37.4 Å². The molecule has 0 aromatic heterocycles. The molecule has 0 heterocycles. The normalized spacial score (nSPS) is 15.0. The molecule has 0 aliphatic heterocycles. The molecule has 0 aromatic carbocycles. The number of halogens is 3. The Kier molecular flexibility index (Phi) is 13.6. The van der Waals surface area contributed by atoms with Crippen LogP contribution in [-0.4, -0.2) is 55.3 Å². The largest absolute Gasteiger partial charge is 0.382 e. The molecular formula is C10H19Cl2IO3. The highest BCUT2D eigenvalue weighted by Gasteiger charge is 2.17. The maximum Gasteiger partial charge on any atom is 0.0839 e. The highest BCUT2D eigenvalue weighted by atomic mass is 127. The molecule has 0 amide bonds. The van der Waals surface area contributed by atoms with Crippen LogP contribution in [0.3, 0.4) is 0 Å². The first kappa shape index (κ1) is 17.2. The molecule has 0 aromatic rings. The standard InChI is InChI=1S/C10H19Cl2IO3/c1-14-5-6-15-3-2-4-16-10(8-12)9(13)7-11/h9-10H,2-8H2,1H3. The predicted molar refractivity (Wildman–Crippen MR) is 76.3 cm³/mol. The molecule has 0 fully saturated rings. The Hall–Kier alpha value is 1.19. The zero-order chi connectivity index (χ0) is 12.2. The van der Waals surface area contributed by atoms with Gasteiger partial charge in [-0.05, 0) is 6.42 Å². The Morgan fingerprint density at radius 1 is 1.06 bits per heavy atom. The van der Waals surface area contributed by atoms with E-state index in [2.05, 4.69) is 22.6 Å². The minimum absolute atomic E-state index is 0.0266. The van der Waals surface area contributed by atoms with E-state index in [1.165, 1.54) is 0 Å². The van der Waals surface area contributed by atoms with E-state index in [1.54, 1.807) is 7.11 Å². The van der Waals surface area contributed by atoms with Gasteiger partial charge < -0.3 is 14.2 Å². The molecule has 0 saturated carbocycles. The van der Waals surface area contributed by atoms with E-state index in [1.807, 2.05) is 0 Å². The molecule has 2 unspecified atom stereocenters. The summed E-state index contributed by atoms with van der Waals surface area (Å²) in [5.74, 6) is 1.03. The van der Waals surface area contributed by atoms with Crippen LogP contribution in [0, 0.1) is 0 Å². The zero-order valence-corrected chi connectivity index (χ0v) is 13.1. The second-order valence-corrected chi connectivity index (χ2v) is 5.41. The summed E-state index contributed by atoms with van der Waals surface area (Å²) in [6, 6.07) is 0. The van der Waals surface area contributed by atoms with Crippen molar-refractivity contribution in [3.63, 3.8) is 0 Å². The summed E-state index contributed by atoms with van der Waals surface area (Å²) in [7, 11) is 1.66. The first-order chi connectivity index (χ1) is 7.76. The van der Waals surface area contributed by atoms with Crippen molar-refractivity contribution in [1.29, 1.82) is 0 Å². The molecule has 98 valence electrons. The van der Waals surface area contributed by atoms with E-state index in [0.29, 0.717) is 38.2 Å². The lowest BCUT2D eigenvalue weighted by molar-refractivity contribution is 0.0334. The molecule has 0 bridgehead atoms. The average molecular weight is 385 g/mol. The molecule has 0 spiro atoms. The number of alkyl halides is 3. The minimum Gasteiger partial charge on any atom is -0.382 e. The van der Waals surface area contributed by atoms with Crippen LogP contribution in [-0.2, 0) is 14.2 Å². The first-order valence-corrected chi connectivity index (χ1v) is 7.52. The molecule has 2 atom stereocenters. The van der Waals surface area contributed by atoms with Gasteiger partial charge in [0.05, 0.1) is 23.2 Å². The summed E-state index contributed by atoms with van der Waals surface area (Å²) in [4.78, 5) is 0. The second kappa shape index (κ2) is 12.6. The Morgan fingerprint density at radius 2 is 1.81 bits per heavy atom.